The van der Waals surface area contributed by atoms with Gasteiger partial charge in [0, 0.05) is 17.8 Å². The van der Waals surface area contributed by atoms with Gasteiger partial charge in [-0.15, -0.1) is 0 Å². The van der Waals surface area contributed by atoms with Gasteiger partial charge in [-0.3, -0.25) is 14.4 Å². The van der Waals surface area contributed by atoms with Crippen molar-refractivity contribution in [3.8, 4) is 0 Å². The highest BCUT2D eigenvalue weighted by atomic mass is 19.3. The molecule has 3 amide bonds. The fourth-order valence-electron chi connectivity index (χ4n) is 2.78. The van der Waals surface area contributed by atoms with Crippen LogP contribution in [0.4, 0.5) is 14.5 Å². The highest BCUT2D eigenvalue weighted by molar-refractivity contribution is 6.02. The van der Waals surface area contributed by atoms with E-state index in [-0.39, 0.29) is 17.9 Å². The molecule has 1 fully saturated rings. The van der Waals surface area contributed by atoms with Crippen molar-refractivity contribution in [1.29, 1.82) is 0 Å². The molecule has 0 bridgehead atoms. The molecule has 9 heteroatoms. The molecule has 146 valence electrons. The quantitative estimate of drug-likeness (QED) is 0.768. The Labute approximate surface area is 159 Å². The predicted molar refractivity (Wildman–Crippen MR) is 96.1 cm³/mol. The minimum absolute atomic E-state index is 0.129. The molecule has 0 aliphatic carbocycles. The van der Waals surface area contributed by atoms with Crippen molar-refractivity contribution in [3.05, 3.63) is 66.6 Å². The maximum atomic E-state index is 14.1. The van der Waals surface area contributed by atoms with E-state index in [1.807, 2.05) is 0 Å². The number of furan rings is 1. The van der Waals surface area contributed by atoms with Crippen molar-refractivity contribution in [2.75, 3.05) is 18.4 Å². The van der Waals surface area contributed by atoms with Gasteiger partial charge in [-0.1, -0.05) is 6.58 Å². The van der Waals surface area contributed by atoms with Crippen molar-refractivity contribution < 1.29 is 27.6 Å². The van der Waals surface area contributed by atoms with E-state index in [9.17, 15) is 23.2 Å². The summed E-state index contributed by atoms with van der Waals surface area (Å²) in [6.45, 7) is 2.19. The van der Waals surface area contributed by atoms with Gasteiger partial charge in [-0.05, 0) is 42.5 Å². The SMILES string of the molecule is C=CC(=O)N1CC(NC(=O)c2ccc(NC(=O)c3ccco3)cc2)C(F)(F)C1. The highest BCUT2D eigenvalue weighted by Crippen LogP contribution is 2.28. The van der Waals surface area contributed by atoms with Gasteiger partial charge in [0.15, 0.2) is 5.76 Å². The Morgan fingerprint density at radius 2 is 1.89 bits per heavy atom. The van der Waals surface area contributed by atoms with E-state index in [2.05, 4.69) is 17.2 Å². The normalized spacial score (nSPS) is 17.8. The van der Waals surface area contributed by atoms with Crippen molar-refractivity contribution in [3.63, 3.8) is 0 Å². The molecule has 2 heterocycles. The van der Waals surface area contributed by atoms with Crippen LogP contribution in [0.3, 0.4) is 0 Å². The number of nitrogens with zero attached hydrogens (tertiary/aromatic N) is 1. The van der Waals surface area contributed by atoms with Crippen LogP contribution in [0.5, 0.6) is 0 Å². The fourth-order valence-corrected chi connectivity index (χ4v) is 2.78. The number of carbonyl (C=O) groups excluding carboxylic acids is 3. The molecule has 1 unspecified atom stereocenters. The van der Waals surface area contributed by atoms with Gasteiger partial charge < -0.3 is 20.0 Å². The number of carbonyl (C=O) groups is 3. The van der Waals surface area contributed by atoms with Gasteiger partial charge >= 0.3 is 0 Å². The van der Waals surface area contributed by atoms with Gasteiger partial charge in [0.1, 0.15) is 6.04 Å². The first-order valence-electron chi connectivity index (χ1n) is 8.35. The monoisotopic (exact) mass is 389 g/mol. The summed E-state index contributed by atoms with van der Waals surface area (Å²) in [5.41, 5.74) is 0.548. The summed E-state index contributed by atoms with van der Waals surface area (Å²) in [5, 5.41) is 4.84. The Morgan fingerprint density at radius 3 is 2.50 bits per heavy atom. The van der Waals surface area contributed by atoms with Crippen LogP contribution in [0.2, 0.25) is 0 Å². The number of hydrogen-bond acceptors (Lipinski definition) is 4. The van der Waals surface area contributed by atoms with Crippen LogP contribution in [0.1, 0.15) is 20.9 Å². The minimum Gasteiger partial charge on any atom is -0.459 e. The zero-order chi connectivity index (χ0) is 20.3. The van der Waals surface area contributed by atoms with Crippen LogP contribution < -0.4 is 10.6 Å². The Balaban J connectivity index is 1.62. The lowest BCUT2D eigenvalue weighted by atomic mass is 10.1. The van der Waals surface area contributed by atoms with Gasteiger partial charge in [0.2, 0.25) is 5.91 Å². The third kappa shape index (κ3) is 4.08. The Morgan fingerprint density at radius 1 is 1.18 bits per heavy atom. The Hall–Kier alpha value is -3.49. The molecule has 1 aromatic carbocycles. The summed E-state index contributed by atoms with van der Waals surface area (Å²) in [4.78, 5) is 36.7. The zero-order valence-corrected chi connectivity index (χ0v) is 14.7. The highest BCUT2D eigenvalue weighted by Gasteiger charge is 2.49. The van der Waals surface area contributed by atoms with Crippen LogP contribution in [-0.4, -0.2) is 47.7 Å². The number of nitrogens with one attached hydrogen (secondary N) is 2. The molecule has 1 saturated heterocycles. The van der Waals surface area contributed by atoms with Crippen molar-refractivity contribution in [1.82, 2.24) is 10.2 Å². The zero-order valence-electron chi connectivity index (χ0n) is 14.7. The first kappa shape index (κ1) is 19.3. The van der Waals surface area contributed by atoms with E-state index in [0.29, 0.717) is 5.69 Å². The first-order chi connectivity index (χ1) is 13.3. The van der Waals surface area contributed by atoms with E-state index in [0.717, 1.165) is 11.0 Å². The summed E-state index contributed by atoms with van der Waals surface area (Å²) in [7, 11) is 0. The average Bonchev–Trinajstić information content (AvgIpc) is 3.30. The Kier molecular flexibility index (Phi) is 5.25. The molecule has 3 rings (SSSR count). The predicted octanol–water partition coefficient (Wildman–Crippen LogP) is 2.29. The molecule has 1 aliphatic heterocycles. The fraction of sp³-hybridized carbons (Fsp3) is 0.211. The number of alkyl halides is 2. The van der Waals surface area contributed by atoms with Crippen LogP contribution in [0, 0.1) is 0 Å². The number of amides is 3. The lowest BCUT2D eigenvalue weighted by Crippen LogP contribution is -2.46. The number of benzene rings is 1. The summed E-state index contributed by atoms with van der Waals surface area (Å²) >= 11 is 0. The van der Waals surface area contributed by atoms with Gasteiger partial charge in [-0.25, -0.2) is 8.78 Å². The molecule has 28 heavy (non-hydrogen) atoms. The van der Waals surface area contributed by atoms with Crippen molar-refractivity contribution >= 4 is 23.4 Å². The van der Waals surface area contributed by atoms with E-state index in [1.165, 1.54) is 36.6 Å². The number of anilines is 1. The molecule has 0 saturated carbocycles. The van der Waals surface area contributed by atoms with Crippen molar-refractivity contribution in [2.45, 2.75) is 12.0 Å². The standard InChI is InChI=1S/C19H17F2N3O4/c1-2-16(25)24-10-15(19(20,21)11-24)23-17(26)12-5-7-13(8-6-12)22-18(27)14-4-3-9-28-14/h2-9,15H,1,10-11H2,(H,22,27)(H,23,26). The Bertz CT molecular complexity index is 894. The second kappa shape index (κ2) is 7.63. The molecular weight excluding hydrogens is 372 g/mol. The maximum Gasteiger partial charge on any atom is 0.291 e. The molecule has 2 aromatic rings. The smallest absolute Gasteiger partial charge is 0.291 e. The maximum absolute atomic E-state index is 14.1. The third-order valence-corrected chi connectivity index (χ3v) is 4.26. The molecule has 1 aromatic heterocycles. The van der Waals surface area contributed by atoms with Crippen LogP contribution >= 0.6 is 0 Å². The average molecular weight is 389 g/mol. The number of hydrogen-bond donors (Lipinski definition) is 2. The third-order valence-electron chi connectivity index (χ3n) is 4.26. The number of halogens is 2. The first-order valence-corrected chi connectivity index (χ1v) is 8.35. The van der Waals surface area contributed by atoms with Gasteiger partial charge in [0.25, 0.3) is 17.7 Å². The summed E-state index contributed by atoms with van der Waals surface area (Å²) in [6.07, 6.45) is 2.32. The second-order valence-electron chi connectivity index (χ2n) is 6.22. The molecule has 2 N–H and O–H groups in total. The number of likely N-dealkylation sites (tertiary alicyclic amines) is 1. The second-order valence-corrected chi connectivity index (χ2v) is 6.22. The van der Waals surface area contributed by atoms with E-state index in [1.54, 1.807) is 6.07 Å². The molecule has 1 atom stereocenters. The molecular formula is C19H17F2N3O4. The summed E-state index contributed by atoms with van der Waals surface area (Å²) in [5.74, 6) is -4.90. The molecule has 0 spiro atoms. The van der Waals surface area contributed by atoms with Gasteiger partial charge in [0.05, 0.1) is 12.8 Å². The van der Waals surface area contributed by atoms with Crippen molar-refractivity contribution in [2.24, 2.45) is 0 Å². The molecule has 7 nitrogen and oxygen atoms in total. The lowest BCUT2D eigenvalue weighted by Gasteiger charge is -2.18. The van der Waals surface area contributed by atoms with Gasteiger partial charge in [-0.2, -0.15) is 0 Å². The van der Waals surface area contributed by atoms with E-state index in [4.69, 9.17) is 4.42 Å². The van der Waals surface area contributed by atoms with E-state index >= 15 is 0 Å². The van der Waals surface area contributed by atoms with Crippen LogP contribution in [0.15, 0.2) is 59.7 Å². The summed E-state index contributed by atoms with van der Waals surface area (Å²) < 4.78 is 33.1. The largest absolute Gasteiger partial charge is 0.459 e. The van der Waals surface area contributed by atoms with Crippen LogP contribution in [-0.2, 0) is 4.79 Å². The van der Waals surface area contributed by atoms with Crippen LogP contribution in [0.25, 0.3) is 0 Å². The molecule has 0 radical (unpaired) electrons. The number of rotatable bonds is 5. The minimum atomic E-state index is -3.24. The van der Waals surface area contributed by atoms with E-state index < -0.39 is 36.2 Å². The topological polar surface area (TPSA) is 91.7 Å². The lowest BCUT2D eigenvalue weighted by molar-refractivity contribution is -0.126. The summed E-state index contributed by atoms with van der Waals surface area (Å²) in [6, 6.07) is 7.30. The molecule has 1 aliphatic rings.